The fraction of sp³-hybridized carbons (Fsp3) is 0.429. The molecule has 0 atom stereocenters. The van der Waals surface area contributed by atoms with Crippen molar-refractivity contribution in [2.24, 2.45) is 5.92 Å². The zero-order valence-electron chi connectivity index (χ0n) is 9.96. The third-order valence-corrected chi connectivity index (χ3v) is 3.92. The quantitative estimate of drug-likeness (QED) is 0.852. The highest BCUT2D eigenvalue weighted by atomic mass is 35.5. The van der Waals surface area contributed by atoms with Gasteiger partial charge in [0.25, 0.3) is 0 Å². The second-order valence-corrected chi connectivity index (χ2v) is 5.59. The van der Waals surface area contributed by atoms with E-state index in [0.717, 1.165) is 23.0 Å². The number of hydrogen-bond acceptors (Lipinski definition) is 1. The smallest absolute Gasteiger partial charge is 0.0472 e. The lowest BCUT2D eigenvalue weighted by molar-refractivity contribution is 0.240. The number of halogens is 1. The molecule has 2 aromatic rings. The minimum Gasteiger partial charge on any atom is -0.361 e. The van der Waals surface area contributed by atoms with Crippen molar-refractivity contribution in [2.45, 2.75) is 32.4 Å². The zero-order chi connectivity index (χ0) is 11.8. The van der Waals surface area contributed by atoms with Crippen LogP contribution in [0.2, 0.25) is 5.02 Å². The number of aromatic nitrogens is 1. The summed E-state index contributed by atoms with van der Waals surface area (Å²) >= 11 is 5.97. The Hall–Kier alpha value is -0.990. The predicted molar refractivity (Wildman–Crippen MR) is 72.3 cm³/mol. The molecule has 0 spiro atoms. The molecule has 1 heterocycles. The van der Waals surface area contributed by atoms with E-state index in [1.165, 1.54) is 23.8 Å². The van der Waals surface area contributed by atoms with Crippen molar-refractivity contribution in [2.75, 3.05) is 0 Å². The van der Waals surface area contributed by atoms with E-state index in [1.807, 2.05) is 12.1 Å². The molecule has 1 aliphatic rings. The van der Waals surface area contributed by atoms with Crippen LogP contribution in [0.3, 0.4) is 0 Å². The summed E-state index contributed by atoms with van der Waals surface area (Å²) in [6.45, 7) is 3.25. The molecule has 0 radical (unpaired) electrons. The Morgan fingerprint density at radius 2 is 2.24 bits per heavy atom. The monoisotopic (exact) mass is 248 g/mol. The average Bonchev–Trinajstić information content (AvgIpc) is 2.65. The van der Waals surface area contributed by atoms with Crippen molar-refractivity contribution in [1.29, 1.82) is 0 Å². The molecule has 2 N–H and O–H groups in total. The molecule has 1 aromatic heterocycles. The van der Waals surface area contributed by atoms with E-state index in [-0.39, 0.29) is 0 Å². The third kappa shape index (κ3) is 2.20. The summed E-state index contributed by atoms with van der Waals surface area (Å²) in [6.07, 6.45) is 4.71. The van der Waals surface area contributed by atoms with Gasteiger partial charge in [0.15, 0.2) is 0 Å². The molecule has 1 aliphatic carbocycles. The number of H-pyrrole nitrogens is 1. The van der Waals surface area contributed by atoms with E-state index in [4.69, 9.17) is 11.6 Å². The Kier molecular flexibility index (Phi) is 2.85. The first-order valence-electron chi connectivity index (χ1n) is 6.21. The molecule has 0 amide bonds. The molecule has 0 aliphatic heterocycles. The zero-order valence-corrected chi connectivity index (χ0v) is 10.7. The average molecular weight is 249 g/mol. The Labute approximate surface area is 106 Å². The van der Waals surface area contributed by atoms with Gasteiger partial charge in [0.2, 0.25) is 0 Å². The molecule has 1 aromatic carbocycles. The van der Waals surface area contributed by atoms with Gasteiger partial charge in [-0.25, -0.2) is 0 Å². The molecule has 90 valence electrons. The molecule has 0 bridgehead atoms. The van der Waals surface area contributed by atoms with Gasteiger partial charge in [-0.3, -0.25) is 0 Å². The summed E-state index contributed by atoms with van der Waals surface area (Å²) in [5, 5.41) is 5.66. The molecule has 1 saturated carbocycles. The van der Waals surface area contributed by atoms with Crippen molar-refractivity contribution in [3.63, 3.8) is 0 Å². The summed E-state index contributed by atoms with van der Waals surface area (Å²) in [5.41, 5.74) is 2.45. The molecular formula is C14H17ClN2. The van der Waals surface area contributed by atoms with Crippen LogP contribution in [0.25, 0.3) is 10.9 Å². The topological polar surface area (TPSA) is 27.8 Å². The SMILES string of the molecule is CC1CC(NCc2c[nH]c3cc(Cl)ccc23)C1. The normalized spacial score (nSPS) is 23.9. The van der Waals surface area contributed by atoms with Gasteiger partial charge >= 0.3 is 0 Å². The number of hydrogen-bond donors (Lipinski definition) is 2. The van der Waals surface area contributed by atoms with Crippen LogP contribution in [0.1, 0.15) is 25.3 Å². The summed E-state index contributed by atoms with van der Waals surface area (Å²) in [4.78, 5) is 3.27. The lowest BCUT2D eigenvalue weighted by Crippen LogP contribution is -2.39. The second kappa shape index (κ2) is 4.35. The number of rotatable bonds is 3. The third-order valence-electron chi connectivity index (χ3n) is 3.68. The first-order valence-corrected chi connectivity index (χ1v) is 6.59. The van der Waals surface area contributed by atoms with Crippen LogP contribution in [0.4, 0.5) is 0 Å². The van der Waals surface area contributed by atoms with Gasteiger partial charge in [-0.2, -0.15) is 0 Å². The van der Waals surface area contributed by atoms with Crippen LogP contribution in [0, 0.1) is 5.92 Å². The summed E-state index contributed by atoms with van der Waals surface area (Å²) in [7, 11) is 0. The molecule has 3 rings (SSSR count). The maximum Gasteiger partial charge on any atom is 0.0472 e. The summed E-state index contributed by atoms with van der Waals surface area (Å²) in [5.74, 6) is 0.897. The largest absolute Gasteiger partial charge is 0.361 e. The maximum absolute atomic E-state index is 5.97. The minimum atomic E-state index is 0.710. The van der Waals surface area contributed by atoms with E-state index in [2.05, 4.69) is 29.5 Å². The highest BCUT2D eigenvalue weighted by molar-refractivity contribution is 6.31. The minimum absolute atomic E-state index is 0.710. The van der Waals surface area contributed by atoms with E-state index in [9.17, 15) is 0 Å². The van der Waals surface area contributed by atoms with Crippen LogP contribution in [-0.4, -0.2) is 11.0 Å². The number of aromatic amines is 1. The van der Waals surface area contributed by atoms with E-state index in [1.54, 1.807) is 0 Å². The van der Waals surface area contributed by atoms with Crippen LogP contribution < -0.4 is 5.32 Å². The van der Waals surface area contributed by atoms with Gasteiger partial charge in [-0.15, -0.1) is 0 Å². The lowest BCUT2D eigenvalue weighted by Gasteiger charge is -2.33. The molecule has 3 heteroatoms. The summed E-state index contributed by atoms with van der Waals surface area (Å²) in [6, 6.07) is 6.73. The van der Waals surface area contributed by atoms with Crippen LogP contribution in [0.15, 0.2) is 24.4 Å². The Bertz CT molecular complexity index is 526. The van der Waals surface area contributed by atoms with Gasteiger partial charge < -0.3 is 10.3 Å². The lowest BCUT2D eigenvalue weighted by atomic mass is 9.82. The van der Waals surface area contributed by atoms with Crippen molar-refractivity contribution in [3.8, 4) is 0 Å². The number of nitrogens with one attached hydrogen (secondary N) is 2. The van der Waals surface area contributed by atoms with E-state index < -0.39 is 0 Å². The van der Waals surface area contributed by atoms with Crippen molar-refractivity contribution in [1.82, 2.24) is 10.3 Å². The number of benzene rings is 1. The molecule has 2 nitrogen and oxygen atoms in total. The standard InChI is InChI=1S/C14H17ClN2/c1-9-4-12(5-9)16-7-10-8-17-14-6-11(15)2-3-13(10)14/h2-3,6,8-9,12,16-17H,4-5,7H2,1H3. The van der Waals surface area contributed by atoms with Crippen molar-refractivity contribution < 1.29 is 0 Å². The van der Waals surface area contributed by atoms with Gasteiger partial charge in [0.05, 0.1) is 0 Å². The highest BCUT2D eigenvalue weighted by Gasteiger charge is 2.24. The van der Waals surface area contributed by atoms with Gasteiger partial charge in [0, 0.05) is 34.7 Å². The van der Waals surface area contributed by atoms with E-state index in [0.29, 0.717) is 6.04 Å². The van der Waals surface area contributed by atoms with Gasteiger partial charge in [-0.1, -0.05) is 24.6 Å². The first kappa shape index (κ1) is 11.1. The van der Waals surface area contributed by atoms with Crippen molar-refractivity contribution >= 4 is 22.5 Å². The van der Waals surface area contributed by atoms with Gasteiger partial charge in [0.1, 0.15) is 0 Å². The summed E-state index contributed by atoms with van der Waals surface area (Å²) < 4.78 is 0. The fourth-order valence-corrected chi connectivity index (χ4v) is 2.80. The molecule has 1 fully saturated rings. The molecule has 0 unspecified atom stereocenters. The van der Waals surface area contributed by atoms with Crippen LogP contribution >= 0.6 is 11.6 Å². The first-order chi connectivity index (χ1) is 8.22. The Morgan fingerprint density at radius 3 is 3.00 bits per heavy atom. The molecule has 0 saturated heterocycles. The Morgan fingerprint density at radius 1 is 1.41 bits per heavy atom. The highest BCUT2D eigenvalue weighted by Crippen LogP contribution is 2.27. The molecule has 17 heavy (non-hydrogen) atoms. The van der Waals surface area contributed by atoms with Gasteiger partial charge in [-0.05, 0) is 36.5 Å². The molecular weight excluding hydrogens is 232 g/mol. The van der Waals surface area contributed by atoms with Crippen molar-refractivity contribution in [3.05, 3.63) is 35.0 Å². The number of fused-ring (bicyclic) bond motifs is 1. The fourth-order valence-electron chi connectivity index (χ4n) is 2.63. The maximum atomic E-state index is 5.97. The Balaban J connectivity index is 1.72. The van der Waals surface area contributed by atoms with E-state index >= 15 is 0 Å². The predicted octanol–water partition coefficient (Wildman–Crippen LogP) is 3.71. The van der Waals surface area contributed by atoms with Crippen LogP contribution in [0.5, 0.6) is 0 Å². The van der Waals surface area contributed by atoms with Crippen LogP contribution in [-0.2, 0) is 6.54 Å². The second-order valence-electron chi connectivity index (χ2n) is 5.16.